The molecule has 1 aromatic heterocycles. The normalized spacial score (nSPS) is 11.2. The molecular weight excluding hydrogens is 384 g/mol. The van der Waals surface area contributed by atoms with Gasteiger partial charge < -0.3 is 10.1 Å². The summed E-state index contributed by atoms with van der Waals surface area (Å²) in [5.41, 5.74) is 2.34. The van der Waals surface area contributed by atoms with Crippen molar-refractivity contribution in [2.24, 2.45) is 0 Å². The van der Waals surface area contributed by atoms with Crippen LogP contribution in [-0.2, 0) is 21.1 Å². The van der Waals surface area contributed by atoms with E-state index in [2.05, 4.69) is 10.3 Å². The highest BCUT2D eigenvalue weighted by Gasteiger charge is 2.11. The van der Waals surface area contributed by atoms with Gasteiger partial charge in [-0.1, -0.05) is 24.3 Å². The zero-order valence-electron chi connectivity index (χ0n) is 14.8. The number of hydrogen-bond acceptors (Lipinski definition) is 6. The Kier molecular flexibility index (Phi) is 5.57. The lowest BCUT2D eigenvalue weighted by atomic mass is 10.1. The number of sulfone groups is 1. The maximum atomic E-state index is 12.2. The summed E-state index contributed by atoms with van der Waals surface area (Å²) in [6.07, 6.45) is 1.41. The number of hydrogen-bond donors (Lipinski definition) is 1. The van der Waals surface area contributed by atoms with Crippen molar-refractivity contribution in [2.45, 2.75) is 11.3 Å². The van der Waals surface area contributed by atoms with Gasteiger partial charge in [-0.3, -0.25) is 4.79 Å². The fourth-order valence-electron chi connectivity index (χ4n) is 2.43. The molecule has 0 saturated carbocycles. The number of aromatic nitrogens is 1. The molecule has 1 N–H and O–H groups in total. The Morgan fingerprint density at radius 2 is 1.78 bits per heavy atom. The van der Waals surface area contributed by atoms with Crippen LogP contribution in [0.3, 0.4) is 0 Å². The van der Waals surface area contributed by atoms with Crippen LogP contribution in [0.2, 0.25) is 0 Å². The van der Waals surface area contributed by atoms with Crippen molar-refractivity contribution in [1.82, 2.24) is 4.98 Å². The summed E-state index contributed by atoms with van der Waals surface area (Å²) in [5, 5.41) is 5.10. The summed E-state index contributed by atoms with van der Waals surface area (Å²) in [5.74, 6) is 0.583. The van der Waals surface area contributed by atoms with Crippen LogP contribution in [0, 0.1) is 0 Å². The van der Waals surface area contributed by atoms with Crippen LogP contribution in [0.25, 0.3) is 11.3 Å². The fraction of sp³-hybridized carbons (Fsp3) is 0.158. The van der Waals surface area contributed by atoms with Crippen LogP contribution >= 0.6 is 11.3 Å². The van der Waals surface area contributed by atoms with Crippen molar-refractivity contribution in [3.8, 4) is 17.0 Å². The summed E-state index contributed by atoms with van der Waals surface area (Å²) in [6, 6.07) is 13.8. The summed E-state index contributed by atoms with van der Waals surface area (Å²) in [6.45, 7) is 0. The first kappa shape index (κ1) is 19.1. The van der Waals surface area contributed by atoms with Gasteiger partial charge in [-0.15, -0.1) is 11.3 Å². The molecule has 2 aromatic carbocycles. The topological polar surface area (TPSA) is 85.4 Å². The Morgan fingerprint density at radius 1 is 1.11 bits per heavy atom. The zero-order chi connectivity index (χ0) is 19.4. The maximum Gasteiger partial charge on any atom is 0.230 e. The minimum atomic E-state index is -3.23. The van der Waals surface area contributed by atoms with Gasteiger partial charge in [0.2, 0.25) is 5.91 Å². The number of thiazole rings is 1. The fourth-order valence-corrected chi connectivity index (χ4v) is 3.80. The second-order valence-electron chi connectivity index (χ2n) is 5.91. The lowest BCUT2D eigenvalue weighted by Gasteiger charge is -2.04. The van der Waals surface area contributed by atoms with Crippen molar-refractivity contribution < 1.29 is 17.9 Å². The summed E-state index contributed by atoms with van der Waals surface area (Å²) >= 11 is 1.32. The molecule has 0 bridgehead atoms. The average molecular weight is 402 g/mol. The van der Waals surface area contributed by atoms with Crippen LogP contribution in [-0.4, -0.2) is 32.7 Å². The summed E-state index contributed by atoms with van der Waals surface area (Å²) < 4.78 is 28.1. The van der Waals surface area contributed by atoms with Gasteiger partial charge in [0.05, 0.1) is 24.1 Å². The number of ether oxygens (including phenoxy) is 1. The Morgan fingerprint density at radius 3 is 2.37 bits per heavy atom. The Hall–Kier alpha value is -2.71. The molecule has 1 heterocycles. The van der Waals surface area contributed by atoms with Crippen molar-refractivity contribution >= 4 is 32.2 Å². The quantitative estimate of drug-likeness (QED) is 0.683. The van der Waals surface area contributed by atoms with E-state index in [-0.39, 0.29) is 17.2 Å². The first-order chi connectivity index (χ1) is 12.8. The largest absolute Gasteiger partial charge is 0.497 e. The third-order valence-corrected chi connectivity index (χ3v) is 5.74. The van der Waals surface area contributed by atoms with Crippen LogP contribution in [0.4, 0.5) is 5.13 Å². The van der Waals surface area contributed by atoms with Crippen molar-refractivity contribution in [3.63, 3.8) is 0 Å². The van der Waals surface area contributed by atoms with E-state index in [0.717, 1.165) is 16.9 Å². The second kappa shape index (κ2) is 7.89. The number of rotatable bonds is 6. The Bertz CT molecular complexity index is 1040. The van der Waals surface area contributed by atoms with Gasteiger partial charge in [0.15, 0.2) is 15.0 Å². The van der Waals surface area contributed by atoms with Crippen LogP contribution in [0.15, 0.2) is 58.8 Å². The molecule has 3 aromatic rings. The molecule has 8 heteroatoms. The predicted molar refractivity (Wildman–Crippen MR) is 106 cm³/mol. The summed E-state index contributed by atoms with van der Waals surface area (Å²) in [4.78, 5) is 16.9. The van der Waals surface area contributed by atoms with Crippen molar-refractivity contribution in [3.05, 3.63) is 59.5 Å². The number of nitrogens with one attached hydrogen (secondary N) is 1. The number of carbonyl (C=O) groups excluding carboxylic acids is 1. The number of anilines is 1. The number of carbonyl (C=O) groups is 1. The van der Waals surface area contributed by atoms with Crippen molar-refractivity contribution in [1.29, 1.82) is 0 Å². The first-order valence-electron chi connectivity index (χ1n) is 8.04. The molecule has 0 aliphatic rings. The minimum Gasteiger partial charge on any atom is -0.497 e. The van der Waals surface area contributed by atoms with Gasteiger partial charge in [-0.25, -0.2) is 13.4 Å². The minimum absolute atomic E-state index is 0.159. The third-order valence-electron chi connectivity index (χ3n) is 3.85. The number of benzene rings is 2. The highest BCUT2D eigenvalue weighted by molar-refractivity contribution is 7.90. The Balaban J connectivity index is 1.65. The van der Waals surface area contributed by atoms with E-state index in [0.29, 0.717) is 10.8 Å². The van der Waals surface area contributed by atoms with Crippen LogP contribution < -0.4 is 10.1 Å². The van der Waals surface area contributed by atoms with E-state index in [1.54, 1.807) is 31.4 Å². The SMILES string of the molecule is COc1ccc(CC(=O)Nc2nc(-c3ccc(S(C)(=O)=O)cc3)cs2)cc1. The third kappa shape index (κ3) is 4.93. The van der Waals surface area contributed by atoms with Gasteiger partial charge in [0, 0.05) is 17.2 Å². The monoisotopic (exact) mass is 402 g/mol. The molecule has 0 fully saturated rings. The van der Waals surface area contributed by atoms with Gasteiger partial charge in [-0.05, 0) is 29.8 Å². The standard InChI is InChI=1S/C19H18N2O4S2/c1-25-15-7-3-13(4-8-15)11-18(22)21-19-20-17(12-26-19)14-5-9-16(10-6-14)27(2,23)24/h3-10,12H,11H2,1-2H3,(H,20,21,22). The lowest BCUT2D eigenvalue weighted by Crippen LogP contribution is -2.14. The first-order valence-corrected chi connectivity index (χ1v) is 10.8. The van der Waals surface area contributed by atoms with Crippen LogP contribution in [0.5, 0.6) is 5.75 Å². The molecule has 0 radical (unpaired) electrons. The van der Waals surface area contributed by atoms with Crippen LogP contribution in [0.1, 0.15) is 5.56 Å². The van der Waals surface area contributed by atoms with E-state index < -0.39 is 9.84 Å². The molecule has 6 nitrogen and oxygen atoms in total. The maximum absolute atomic E-state index is 12.2. The average Bonchev–Trinajstić information content (AvgIpc) is 3.10. The van der Waals surface area contributed by atoms with Gasteiger partial charge in [0.1, 0.15) is 5.75 Å². The molecule has 0 aliphatic heterocycles. The van der Waals surface area contributed by atoms with Gasteiger partial charge >= 0.3 is 0 Å². The molecule has 0 spiro atoms. The second-order valence-corrected chi connectivity index (χ2v) is 8.78. The van der Waals surface area contributed by atoms with E-state index in [1.807, 2.05) is 29.6 Å². The molecule has 27 heavy (non-hydrogen) atoms. The number of nitrogens with zero attached hydrogens (tertiary/aromatic N) is 1. The van der Waals surface area contributed by atoms with Crippen molar-refractivity contribution in [2.75, 3.05) is 18.7 Å². The molecule has 3 rings (SSSR count). The van der Waals surface area contributed by atoms with E-state index in [4.69, 9.17) is 4.74 Å². The van der Waals surface area contributed by atoms with E-state index >= 15 is 0 Å². The smallest absolute Gasteiger partial charge is 0.230 e. The Labute approximate surface area is 161 Å². The lowest BCUT2D eigenvalue weighted by molar-refractivity contribution is -0.115. The highest BCUT2D eigenvalue weighted by atomic mass is 32.2. The molecular formula is C19H18N2O4S2. The predicted octanol–water partition coefficient (Wildman–Crippen LogP) is 3.40. The highest BCUT2D eigenvalue weighted by Crippen LogP contribution is 2.26. The zero-order valence-corrected chi connectivity index (χ0v) is 16.4. The van der Waals surface area contributed by atoms with E-state index in [9.17, 15) is 13.2 Å². The molecule has 0 saturated heterocycles. The molecule has 0 atom stereocenters. The molecule has 0 unspecified atom stereocenters. The number of amides is 1. The molecule has 0 aliphatic carbocycles. The molecule has 140 valence electrons. The van der Waals surface area contributed by atoms with Gasteiger partial charge in [-0.2, -0.15) is 0 Å². The number of methoxy groups -OCH3 is 1. The van der Waals surface area contributed by atoms with Gasteiger partial charge in [0.25, 0.3) is 0 Å². The summed E-state index contributed by atoms with van der Waals surface area (Å²) in [7, 11) is -1.64. The molecule has 1 amide bonds. The van der Waals surface area contributed by atoms with E-state index in [1.165, 1.54) is 17.6 Å².